The number of fused-ring (bicyclic) bond motifs is 3. The van der Waals surface area contributed by atoms with Crippen molar-refractivity contribution in [3.63, 3.8) is 0 Å². The van der Waals surface area contributed by atoms with Gasteiger partial charge in [-0.25, -0.2) is 0 Å². The molecule has 2 bridgehead atoms. The van der Waals surface area contributed by atoms with E-state index in [9.17, 15) is 14.7 Å². The van der Waals surface area contributed by atoms with E-state index in [2.05, 4.69) is 21.9 Å². The van der Waals surface area contributed by atoms with Gasteiger partial charge in [0.25, 0.3) is 11.5 Å². The minimum Gasteiger partial charge on any atom is -0.508 e. The zero-order chi connectivity index (χ0) is 25.3. The summed E-state index contributed by atoms with van der Waals surface area (Å²) < 4.78 is 1.51. The van der Waals surface area contributed by atoms with Gasteiger partial charge in [0.05, 0.1) is 0 Å². The second kappa shape index (κ2) is 8.72. The molecular weight excluding hydrogens is 462 g/mol. The minimum atomic E-state index is -0.206. The Balaban J connectivity index is 1.33. The van der Waals surface area contributed by atoms with Crippen molar-refractivity contribution in [2.45, 2.75) is 75.3 Å². The molecule has 6 nitrogen and oxygen atoms in total. The van der Waals surface area contributed by atoms with Crippen LogP contribution in [0.5, 0.6) is 5.75 Å². The van der Waals surface area contributed by atoms with Gasteiger partial charge in [-0.05, 0) is 111 Å². The van der Waals surface area contributed by atoms with E-state index in [1.165, 1.54) is 35.1 Å². The van der Waals surface area contributed by atoms with Crippen molar-refractivity contribution < 1.29 is 9.90 Å². The number of phenolic OH excluding ortho intramolecular Hbond substituents is 1. The Morgan fingerprint density at radius 1 is 1.11 bits per heavy atom. The summed E-state index contributed by atoms with van der Waals surface area (Å²) in [4.78, 5) is 31.7. The highest BCUT2D eigenvalue weighted by Gasteiger charge is 2.58. The van der Waals surface area contributed by atoms with Gasteiger partial charge in [0.1, 0.15) is 11.3 Å². The number of pyridine rings is 1. The highest BCUT2D eigenvalue weighted by atomic mass is 16.3. The first-order valence-corrected chi connectivity index (χ1v) is 14.5. The van der Waals surface area contributed by atoms with Crippen LogP contribution in [0.3, 0.4) is 0 Å². The molecule has 2 aromatic rings. The van der Waals surface area contributed by atoms with Crippen molar-refractivity contribution in [2.24, 2.45) is 24.8 Å². The van der Waals surface area contributed by atoms with Gasteiger partial charge in [0.2, 0.25) is 0 Å². The molecule has 1 N–H and O–H groups in total. The van der Waals surface area contributed by atoms with Crippen molar-refractivity contribution in [1.82, 2.24) is 14.4 Å². The van der Waals surface area contributed by atoms with Crippen LogP contribution in [-0.4, -0.2) is 57.1 Å². The summed E-state index contributed by atoms with van der Waals surface area (Å²) in [6.45, 7) is 3.09. The smallest absolute Gasteiger partial charge is 0.263 e. The van der Waals surface area contributed by atoms with E-state index in [-0.39, 0.29) is 22.9 Å². The van der Waals surface area contributed by atoms with E-state index in [0.29, 0.717) is 29.2 Å². The highest BCUT2D eigenvalue weighted by Crippen LogP contribution is 2.58. The summed E-state index contributed by atoms with van der Waals surface area (Å²) in [5.74, 6) is 1.95. The molecule has 37 heavy (non-hydrogen) atoms. The Labute approximate surface area is 219 Å². The molecule has 0 radical (unpaired) electrons. The van der Waals surface area contributed by atoms with Crippen LogP contribution in [0.2, 0.25) is 0 Å². The van der Waals surface area contributed by atoms with Crippen LogP contribution in [0.4, 0.5) is 0 Å². The molecule has 6 aliphatic rings. The number of rotatable bonds is 3. The Morgan fingerprint density at radius 2 is 1.97 bits per heavy atom. The molecular formula is C31H39N3O3. The van der Waals surface area contributed by atoms with E-state index in [1.807, 2.05) is 6.07 Å². The lowest BCUT2D eigenvalue weighted by atomic mass is 9.55. The third-order valence-corrected chi connectivity index (χ3v) is 10.6. The molecule has 1 amide bonds. The molecule has 1 aromatic carbocycles. The molecule has 196 valence electrons. The summed E-state index contributed by atoms with van der Waals surface area (Å²) in [6.07, 6.45) is 12.1. The molecule has 2 saturated heterocycles. The van der Waals surface area contributed by atoms with Crippen LogP contribution < -0.4 is 5.56 Å². The fraction of sp³-hybridized carbons (Fsp3) is 0.613. The predicted octanol–water partition coefficient (Wildman–Crippen LogP) is 4.09. The van der Waals surface area contributed by atoms with Gasteiger partial charge in [0.15, 0.2) is 0 Å². The zero-order valence-electron chi connectivity index (χ0n) is 21.9. The van der Waals surface area contributed by atoms with Crippen molar-refractivity contribution in [2.75, 3.05) is 19.6 Å². The maximum absolute atomic E-state index is 13.9. The standard InChI is InChI=1S/C31H39N3O3/c1-32-14-3-4-25(29(32)36)30(37)34-19-22-8-10-23-16-21-9-11-24(35)17-26(21)31(12-2-5-27(34)28(22)31)13-15-33(23)18-20-6-7-20/h3-4,9,11,14,17,20,22-23,27-28,35H,2,5-8,10,12-13,15-16,18-19H2,1H3/t22-,23?,27?,28?,31?/m1/s1. The van der Waals surface area contributed by atoms with E-state index >= 15 is 0 Å². The molecule has 4 unspecified atom stereocenters. The Hall–Kier alpha value is -2.60. The van der Waals surface area contributed by atoms with Crippen LogP contribution in [0.25, 0.3) is 0 Å². The molecule has 4 heterocycles. The number of aromatic nitrogens is 1. The largest absolute Gasteiger partial charge is 0.508 e. The summed E-state index contributed by atoms with van der Waals surface area (Å²) in [7, 11) is 1.72. The van der Waals surface area contributed by atoms with Crippen LogP contribution in [-0.2, 0) is 18.9 Å². The van der Waals surface area contributed by atoms with Crippen molar-refractivity contribution >= 4 is 5.91 Å². The van der Waals surface area contributed by atoms with Gasteiger partial charge in [-0.3, -0.25) is 14.5 Å². The topological polar surface area (TPSA) is 65.8 Å². The second-order valence-corrected chi connectivity index (χ2v) is 12.7. The monoisotopic (exact) mass is 501 g/mol. The molecule has 3 aliphatic carbocycles. The first kappa shape index (κ1) is 23.5. The van der Waals surface area contributed by atoms with E-state index < -0.39 is 0 Å². The number of benzene rings is 1. The quantitative estimate of drug-likeness (QED) is 0.688. The van der Waals surface area contributed by atoms with E-state index in [1.54, 1.807) is 25.4 Å². The first-order chi connectivity index (χ1) is 17.9. The number of carbonyl (C=O) groups is 1. The third-order valence-electron chi connectivity index (χ3n) is 10.6. The van der Waals surface area contributed by atoms with Gasteiger partial charge >= 0.3 is 0 Å². The minimum absolute atomic E-state index is 0.0323. The number of nitrogens with zero attached hydrogens (tertiary/aromatic N) is 3. The fourth-order valence-corrected chi connectivity index (χ4v) is 8.80. The summed E-state index contributed by atoms with van der Waals surface area (Å²) in [5, 5.41) is 10.7. The number of phenols is 1. The molecule has 1 spiro atoms. The predicted molar refractivity (Wildman–Crippen MR) is 143 cm³/mol. The number of hydrogen-bond donors (Lipinski definition) is 1. The maximum atomic E-state index is 13.9. The van der Waals surface area contributed by atoms with Gasteiger partial charge in [-0.1, -0.05) is 12.5 Å². The molecule has 3 aliphatic heterocycles. The molecule has 2 saturated carbocycles. The first-order valence-electron chi connectivity index (χ1n) is 14.5. The van der Waals surface area contributed by atoms with Gasteiger partial charge in [-0.15, -0.1) is 0 Å². The molecule has 4 fully saturated rings. The number of amides is 1. The number of hydrogen-bond acceptors (Lipinski definition) is 4. The van der Waals surface area contributed by atoms with Crippen LogP contribution in [0.15, 0.2) is 41.3 Å². The average Bonchev–Trinajstić information content (AvgIpc) is 3.62. The summed E-state index contributed by atoms with van der Waals surface area (Å²) in [5.41, 5.74) is 2.82. The SMILES string of the molecule is Cn1cccc(C(=O)N2C[C@H]3CCC4Cc5ccc(O)cc5C5(CCCC2C35)CCN4CC2CC2)c1=O. The molecule has 8 rings (SSSR count). The van der Waals surface area contributed by atoms with Crippen LogP contribution >= 0.6 is 0 Å². The number of likely N-dealkylation sites (tertiary alicyclic amines) is 1. The summed E-state index contributed by atoms with van der Waals surface area (Å²) in [6, 6.07) is 10.3. The Bertz CT molecular complexity index is 1280. The lowest BCUT2D eigenvalue weighted by Gasteiger charge is -2.51. The molecule has 6 heteroatoms. The number of aromatic hydroxyl groups is 1. The molecule has 1 aromatic heterocycles. The van der Waals surface area contributed by atoms with Crippen molar-refractivity contribution in [3.8, 4) is 5.75 Å². The van der Waals surface area contributed by atoms with Gasteiger partial charge in [-0.2, -0.15) is 0 Å². The zero-order valence-corrected chi connectivity index (χ0v) is 21.9. The highest BCUT2D eigenvalue weighted by molar-refractivity contribution is 5.94. The lowest BCUT2D eigenvalue weighted by molar-refractivity contribution is 0.0544. The third kappa shape index (κ3) is 3.77. The fourth-order valence-electron chi connectivity index (χ4n) is 8.80. The second-order valence-electron chi connectivity index (χ2n) is 12.7. The van der Waals surface area contributed by atoms with Gasteiger partial charge < -0.3 is 14.6 Å². The molecule has 5 atom stereocenters. The van der Waals surface area contributed by atoms with E-state index in [0.717, 1.165) is 64.0 Å². The van der Waals surface area contributed by atoms with Crippen molar-refractivity contribution in [1.29, 1.82) is 0 Å². The Morgan fingerprint density at radius 3 is 2.81 bits per heavy atom. The number of carbonyl (C=O) groups excluding carboxylic acids is 1. The normalized spacial score (nSPS) is 33.2. The Kier molecular flexibility index (Phi) is 5.54. The van der Waals surface area contributed by atoms with Crippen LogP contribution in [0.1, 0.15) is 72.9 Å². The number of aryl methyl sites for hydroxylation is 1. The lowest BCUT2D eigenvalue weighted by Crippen LogP contribution is -2.52. The average molecular weight is 502 g/mol. The van der Waals surface area contributed by atoms with Crippen molar-refractivity contribution in [3.05, 3.63) is 63.6 Å². The maximum Gasteiger partial charge on any atom is 0.263 e. The van der Waals surface area contributed by atoms with Crippen LogP contribution in [0, 0.1) is 17.8 Å². The summed E-state index contributed by atoms with van der Waals surface area (Å²) >= 11 is 0. The van der Waals surface area contributed by atoms with Gasteiger partial charge in [0, 0.05) is 43.8 Å². The van der Waals surface area contributed by atoms with E-state index in [4.69, 9.17) is 0 Å².